The van der Waals surface area contributed by atoms with E-state index in [1.807, 2.05) is 6.92 Å². The largest absolute Gasteiger partial charge is 0.300 e. The van der Waals surface area contributed by atoms with E-state index in [-0.39, 0.29) is 6.04 Å². The van der Waals surface area contributed by atoms with Gasteiger partial charge in [0.15, 0.2) is 0 Å². The summed E-state index contributed by atoms with van der Waals surface area (Å²) in [5.74, 6) is 2.67. The third kappa shape index (κ3) is 2.20. The Hall–Kier alpha value is -1.30. The molecule has 0 fully saturated rings. The van der Waals surface area contributed by atoms with Crippen LogP contribution in [0, 0.1) is 12.3 Å². The van der Waals surface area contributed by atoms with Gasteiger partial charge in [-0.15, -0.1) is 17.8 Å². The standard InChI is InChI=1S/C13H13NS/c1-3-10(2)14-8-11-9-15-13-7-5-4-6-12(11)13/h1,4-7,9-10,14H,8H2,2H3. The highest BCUT2D eigenvalue weighted by Gasteiger charge is 2.03. The lowest BCUT2D eigenvalue weighted by molar-refractivity contribution is 0.651. The first kappa shape index (κ1) is 10.2. The molecule has 0 aliphatic rings. The van der Waals surface area contributed by atoms with Crippen LogP contribution in [0.2, 0.25) is 0 Å². The maximum Gasteiger partial charge on any atom is 0.0660 e. The maximum absolute atomic E-state index is 5.31. The number of nitrogens with one attached hydrogen (secondary N) is 1. The van der Waals surface area contributed by atoms with Crippen LogP contribution in [0.3, 0.4) is 0 Å². The van der Waals surface area contributed by atoms with Crippen LogP contribution in [0.5, 0.6) is 0 Å². The lowest BCUT2D eigenvalue weighted by Crippen LogP contribution is -2.23. The van der Waals surface area contributed by atoms with Gasteiger partial charge < -0.3 is 0 Å². The molecule has 1 heterocycles. The smallest absolute Gasteiger partial charge is 0.0660 e. The van der Waals surface area contributed by atoms with Gasteiger partial charge in [-0.3, -0.25) is 5.32 Å². The molecule has 0 radical (unpaired) electrons. The van der Waals surface area contributed by atoms with Crippen molar-refractivity contribution in [1.29, 1.82) is 0 Å². The monoisotopic (exact) mass is 215 g/mol. The Bertz CT molecular complexity index is 492. The molecule has 0 bridgehead atoms. The zero-order valence-corrected chi connectivity index (χ0v) is 9.47. The molecule has 0 spiro atoms. The summed E-state index contributed by atoms with van der Waals surface area (Å²) in [6.07, 6.45) is 5.31. The van der Waals surface area contributed by atoms with Gasteiger partial charge in [0.1, 0.15) is 0 Å². The van der Waals surface area contributed by atoms with Gasteiger partial charge in [-0.05, 0) is 29.3 Å². The Morgan fingerprint density at radius 2 is 2.27 bits per heavy atom. The van der Waals surface area contributed by atoms with Crippen molar-refractivity contribution in [2.24, 2.45) is 0 Å². The molecular formula is C13H13NS. The van der Waals surface area contributed by atoms with Crippen molar-refractivity contribution in [2.45, 2.75) is 19.5 Å². The van der Waals surface area contributed by atoms with Crippen molar-refractivity contribution in [3.05, 3.63) is 35.2 Å². The van der Waals surface area contributed by atoms with Gasteiger partial charge in [-0.2, -0.15) is 0 Å². The number of benzene rings is 1. The Morgan fingerprint density at radius 1 is 1.47 bits per heavy atom. The molecule has 0 saturated heterocycles. The van der Waals surface area contributed by atoms with E-state index in [4.69, 9.17) is 6.42 Å². The molecule has 1 unspecified atom stereocenters. The summed E-state index contributed by atoms with van der Waals surface area (Å²) in [6.45, 7) is 2.84. The van der Waals surface area contributed by atoms with E-state index in [9.17, 15) is 0 Å². The second kappa shape index (κ2) is 4.48. The van der Waals surface area contributed by atoms with E-state index in [0.717, 1.165) is 6.54 Å². The summed E-state index contributed by atoms with van der Waals surface area (Å²) < 4.78 is 1.34. The molecule has 1 aromatic carbocycles. The van der Waals surface area contributed by atoms with Crippen LogP contribution < -0.4 is 5.32 Å². The van der Waals surface area contributed by atoms with Crippen molar-refractivity contribution < 1.29 is 0 Å². The highest BCUT2D eigenvalue weighted by Crippen LogP contribution is 2.25. The Kier molecular flexibility index (Phi) is 3.05. The van der Waals surface area contributed by atoms with E-state index in [1.54, 1.807) is 11.3 Å². The van der Waals surface area contributed by atoms with Gasteiger partial charge in [-0.1, -0.05) is 24.1 Å². The van der Waals surface area contributed by atoms with Crippen molar-refractivity contribution in [2.75, 3.05) is 0 Å². The minimum atomic E-state index is 0.128. The van der Waals surface area contributed by atoms with Gasteiger partial charge in [0.2, 0.25) is 0 Å². The third-order valence-electron chi connectivity index (χ3n) is 2.41. The van der Waals surface area contributed by atoms with E-state index in [2.05, 4.69) is 40.9 Å². The Balaban J connectivity index is 2.19. The molecule has 0 aliphatic carbocycles. The quantitative estimate of drug-likeness (QED) is 0.776. The minimum Gasteiger partial charge on any atom is -0.300 e. The van der Waals surface area contributed by atoms with Crippen molar-refractivity contribution in [3.63, 3.8) is 0 Å². The van der Waals surface area contributed by atoms with E-state index in [0.29, 0.717) is 0 Å². The number of terminal acetylenes is 1. The summed E-state index contributed by atoms with van der Waals surface area (Å²) in [4.78, 5) is 0. The van der Waals surface area contributed by atoms with Crippen LogP contribution in [-0.2, 0) is 6.54 Å². The molecule has 1 N–H and O–H groups in total. The summed E-state index contributed by atoms with van der Waals surface area (Å²) in [6, 6.07) is 8.57. The number of thiophene rings is 1. The van der Waals surface area contributed by atoms with E-state index in [1.165, 1.54) is 15.6 Å². The fourth-order valence-corrected chi connectivity index (χ4v) is 2.45. The number of fused-ring (bicyclic) bond motifs is 1. The second-order valence-electron chi connectivity index (χ2n) is 3.53. The van der Waals surface area contributed by atoms with Gasteiger partial charge >= 0.3 is 0 Å². The molecule has 1 nitrogen and oxygen atoms in total. The van der Waals surface area contributed by atoms with Crippen LogP contribution in [0.25, 0.3) is 10.1 Å². The lowest BCUT2D eigenvalue weighted by Gasteiger charge is -2.06. The van der Waals surface area contributed by atoms with Gasteiger partial charge in [0.25, 0.3) is 0 Å². The fraction of sp³-hybridized carbons (Fsp3) is 0.231. The molecule has 1 atom stereocenters. The SMILES string of the molecule is C#CC(C)NCc1csc2ccccc12. The number of hydrogen-bond donors (Lipinski definition) is 1. The molecule has 2 aromatic rings. The van der Waals surface area contributed by atoms with Crippen molar-refractivity contribution >= 4 is 21.4 Å². The molecule has 2 rings (SSSR count). The summed E-state index contributed by atoms with van der Waals surface area (Å²) in [7, 11) is 0. The van der Waals surface area contributed by atoms with Gasteiger partial charge in [0.05, 0.1) is 6.04 Å². The number of rotatable bonds is 3. The predicted octanol–water partition coefficient (Wildman–Crippen LogP) is 3.01. The second-order valence-corrected chi connectivity index (χ2v) is 4.44. The van der Waals surface area contributed by atoms with Crippen molar-refractivity contribution in [3.8, 4) is 12.3 Å². The van der Waals surface area contributed by atoms with Crippen LogP contribution in [0.15, 0.2) is 29.6 Å². The fourth-order valence-electron chi connectivity index (χ4n) is 1.49. The van der Waals surface area contributed by atoms with E-state index < -0.39 is 0 Å². The first-order valence-electron chi connectivity index (χ1n) is 4.96. The zero-order chi connectivity index (χ0) is 10.7. The Labute approximate surface area is 94.1 Å². The van der Waals surface area contributed by atoms with Crippen LogP contribution in [0.1, 0.15) is 12.5 Å². The van der Waals surface area contributed by atoms with Crippen LogP contribution in [0.4, 0.5) is 0 Å². The Morgan fingerprint density at radius 3 is 3.07 bits per heavy atom. The molecule has 15 heavy (non-hydrogen) atoms. The summed E-state index contributed by atoms with van der Waals surface area (Å²) in [5, 5.41) is 6.83. The molecule has 2 heteroatoms. The highest BCUT2D eigenvalue weighted by molar-refractivity contribution is 7.17. The van der Waals surface area contributed by atoms with Crippen LogP contribution in [-0.4, -0.2) is 6.04 Å². The van der Waals surface area contributed by atoms with Crippen molar-refractivity contribution in [1.82, 2.24) is 5.32 Å². The minimum absolute atomic E-state index is 0.128. The molecule has 0 saturated carbocycles. The summed E-state index contributed by atoms with van der Waals surface area (Å²) in [5.41, 5.74) is 1.33. The molecule has 76 valence electrons. The lowest BCUT2D eigenvalue weighted by atomic mass is 10.2. The normalized spacial score (nSPS) is 12.5. The summed E-state index contributed by atoms with van der Waals surface area (Å²) >= 11 is 1.78. The molecule has 0 aliphatic heterocycles. The van der Waals surface area contributed by atoms with Gasteiger partial charge in [-0.25, -0.2) is 0 Å². The average Bonchev–Trinajstić information content (AvgIpc) is 2.69. The van der Waals surface area contributed by atoms with Crippen LogP contribution >= 0.6 is 11.3 Å². The molecule has 1 aromatic heterocycles. The molecule has 0 amide bonds. The third-order valence-corrected chi connectivity index (χ3v) is 3.42. The topological polar surface area (TPSA) is 12.0 Å². The molecular weight excluding hydrogens is 202 g/mol. The van der Waals surface area contributed by atoms with E-state index >= 15 is 0 Å². The number of hydrogen-bond acceptors (Lipinski definition) is 2. The highest BCUT2D eigenvalue weighted by atomic mass is 32.1. The first-order chi connectivity index (χ1) is 7.31. The zero-order valence-electron chi connectivity index (χ0n) is 8.66. The maximum atomic E-state index is 5.31. The first-order valence-corrected chi connectivity index (χ1v) is 5.84. The average molecular weight is 215 g/mol. The predicted molar refractivity (Wildman–Crippen MR) is 67.0 cm³/mol. The van der Waals surface area contributed by atoms with Gasteiger partial charge in [0, 0.05) is 11.2 Å².